The van der Waals surface area contributed by atoms with E-state index in [-0.39, 0.29) is 6.09 Å². The smallest absolute Gasteiger partial charge is 0.410 e. The van der Waals surface area contributed by atoms with E-state index in [9.17, 15) is 4.79 Å². The summed E-state index contributed by atoms with van der Waals surface area (Å²) < 4.78 is 5.57. The quantitative estimate of drug-likeness (QED) is 0.651. The number of ether oxygens (including phenoxy) is 1. The van der Waals surface area contributed by atoms with Gasteiger partial charge in [0, 0.05) is 56.7 Å². The Morgan fingerprint density at radius 1 is 0.933 bits per heavy atom. The van der Waals surface area contributed by atoms with Crippen molar-refractivity contribution in [3.05, 3.63) is 89.5 Å². The van der Waals surface area contributed by atoms with Crippen LogP contribution in [0.15, 0.2) is 66.9 Å². The Morgan fingerprint density at radius 3 is 2.40 bits per heavy atom. The van der Waals surface area contributed by atoms with Crippen molar-refractivity contribution in [3.8, 4) is 5.75 Å². The number of amides is 1. The number of aryl methyl sites for hydroxylation is 1. The van der Waals surface area contributed by atoms with Crippen molar-refractivity contribution in [3.63, 3.8) is 0 Å². The first-order valence-electron chi connectivity index (χ1n) is 10.3. The van der Waals surface area contributed by atoms with Gasteiger partial charge in [0.25, 0.3) is 0 Å². The minimum atomic E-state index is -0.291. The third kappa shape index (κ3) is 5.42. The lowest BCUT2D eigenvalue weighted by molar-refractivity contribution is 0.107. The second kappa shape index (κ2) is 9.50. The fraction of sp³-hybridized carbons (Fsp3) is 0.292. The largest absolute Gasteiger partial charge is 0.415 e. The van der Waals surface area contributed by atoms with Crippen LogP contribution >= 0.6 is 0 Å². The Hall–Kier alpha value is -3.25. The molecule has 1 saturated heterocycles. The van der Waals surface area contributed by atoms with Gasteiger partial charge in [-0.15, -0.1) is 0 Å². The summed E-state index contributed by atoms with van der Waals surface area (Å²) >= 11 is 0. The molecule has 1 aliphatic rings. The molecule has 6 nitrogen and oxygen atoms in total. The average Bonchev–Trinajstić information content (AvgIpc) is 2.76. The van der Waals surface area contributed by atoms with E-state index >= 15 is 0 Å². The van der Waals surface area contributed by atoms with Crippen LogP contribution in [0, 0.1) is 6.92 Å². The number of nitrogens with zero attached hydrogens (tertiary/aromatic N) is 4. The first-order valence-corrected chi connectivity index (χ1v) is 10.3. The summed E-state index contributed by atoms with van der Waals surface area (Å²) in [4.78, 5) is 25.5. The van der Waals surface area contributed by atoms with Gasteiger partial charge in [-0.2, -0.15) is 0 Å². The molecule has 0 unspecified atom stereocenters. The molecular weight excluding hydrogens is 376 g/mol. The molecule has 3 heterocycles. The van der Waals surface area contributed by atoms with Crippen molar-refractivity contribution >= 4 is 6.09 Å². The summed E-state index contributed by atoms with van der Waals surface area (Å²) in [5.74, 6) is 0.567. The summed E-state index contributed by atoms with van der Waals surface area (Å²) in [5, 5.41) is 0. The predicted octanol–water partition coefficient (Wildman–Crippen LogP) is 3.69. The minimum Gasteiger partial charge on any atom is -0.410 e. The third-order valence-corrected chi connectivity index (χ3v) is 5.20. The maximum Gasteiger partial charge on any atom is 0.415 e. The van der Waals surface area contributed by atoms with Crippen LogP contribution < -0.4 is 4.74 Å². The van der Waals surface area contributed by atoms with E-state index in [2.05, 4.69) is 14.9 Å². The molecule has 0 bridgehead atoms. The van der Waals surface area contributed by atoms with Crippen LogP contribution in [0.5, 0.6) is 5.75 Å². The highest BCUT2D eigenvalue weighted by Gasteiger charge is 2.22. The van der Waals surface area contributed by atoms with Crippen LogP contribution in [0.25, 0.3) is 0 Å². The minimum absolute atomic E-state index is 0.291. The fourth-order valence-electron chi connectivity index (χ4n) is 3.56. The topological polar surface area (TPSA) is 58.6 Å². The van der Waals surface area contributed by atoms with Gasteiger partial charge in [0.15, 0.2) is 0 Å². The molecular formula is C24H26N4O2. The highest BCUT2D eigenvalue weighted by atomic mass is 16.6. The van der Waals surface area contributed by atoms with Gasteiger partial charge in [0.05, 0.1) is 5.69 Å². The van der Waals surface area contributed by atoms with Gasteiger partial charge in [-0.3, -0.25) is 14.9 Å². The van der Waals surface area contributed by atoms with Crippen LogP contribution in [-0.2, 0) is 13.0 Å². The summed E-state index contributed by atoms with van der Waals surface area (Å²) in [7, 11) is 0. The lowest BCUT2D eigenvalue weighted by Gasteiger charge is -2.33. The van der Waals surface area contributed by atoms with Gasteiger partial charge in [-0.25, -0.2) is 4.79 Å². The van der Waals surface area contributed by atoms with E-state index < -0.39 is 0 Å². The van der Waals surface area contributed by atoms with E-state index in [1.165, 1.54) is 0 Å². The summed E-state index contributed by atoms with van der Waals surface area (Å²) in [6.07, 6.45) is 2.28. The lowest BCUT2D eigenvalue weighted by atomic mass is 10.1. The molecule has 1 aliphatic heterocycles. The maximum absolute atomic E-state index is 12.5. The number of aromatic nitrogens is 2. The summed E-state index contributed by atoms with van der Waals surface area (Å²) in [6.45, 7) is 5.74. The maximum atomic E-state index is 12.5. The second-order valence-corrected chi connectivity index (χ2v) is 7.54. The zero-order valence-electron chi connectivity index (χ0n) is 17.2. The molecule has 0 atom stereocenters. The highest BCUT2D eigenvalue weighted by Crippen LogP contribution is 2.17. The molecule has 1 amide bonds. The van der Waals surface area contributed by atoms with Crippen LogP contribution in [0.2, 0.25) is 0 Å². The number of carbonyl (C=O) groups is 1. The SMILES string of the molecule is Cc1cccc(Cc2ccc(OC(=O)N3CCN(Cc4ccccn4)CC3)cc2)n1. The Bertz CT molecular complexity index is 968. The summed E-state index contributed by atoms with van der Waals surface area (Å²) in [5.41, 5.74) is 4.23. The van der Waals surface area contributed by atoms with Gasteiger partial charge in [0.2, 0.25) is 0 Å². The van der Waals surface area contributed by atoms with E-state index in [1.807, 2.05) is 73.8 Å². The van der Waals surface area contributed by atoms with Crippen molar-refractivity contribution < 1.29 is 9.53 Å². The number of benzene rings is 1. The van der Waals surface area contributed by atoms with Crippen LogP contribution in [0.1, 0.15) is 22.6 Å². The first-order chi connectivity index (χ1) is 14.7. The monoisotopic (exact) mass is 402 g/mol. The van der Waals surface area contributed by atoms with Gasteiger partial charge in [0.1, 0.15) is 5.75 Å². The highest BCUT2D eigenvalue weighted by molar-refractivity contribution is 5.70. The van der Waals surface area contributed by atoms with Crippen LogP contribution in [0.3, 0.4) is 0 Å². The Labute approximate surface area is 177 Å². The van der Waals surface area contributed by atoms with Crippen LogP contribution in [-0.4, -0.2) is 52.0 Å². The number of hydrogen-bond donors (Lipinski definition) is 0. The molecule has 30 heavy (non-hydrogen) atoms. The number of rotatable bonds is 5. The molecule has 0 saturated carbocycles. The summed E-state index contributed by atoms with van der Waals surface area (Å²) in [6, 6.07) is 19.6. The predicted molar refractivity (Wildman–Crippen MR) is 115 cm³/mol. The molecule has 2 aromatic heterocycles. The fourth-order valence-corrected chi connectivity index (χ4v) is 3.56. The molecule has 3 aromatic rings. The number of pyridine rings is 2. The van der Waals surface area contributed by atoms with Crippen molar-refractivity contribution in [2.75, 3.05) is 26.2 Å². The van der Waals surface area contributed by atoms with E-state index in [4.69, 9.17) is 4.74 Å². The molecule has 0 aliphatic carbocycles. The van der Waals surface area contributed by atoms with Crippen molar-refractivity contribution in [2.45, 2.75) is 19.9 Å². The van der Waals surface area contributed by atoms with Crippen molar-refractivity contribution in [2.24, 2.45) is 0 Å². The van der Waals surface area contributed by atoms with Gasteiger partial charge >= 0.3 is 6.09 Å². The Kier molecular flexibility index (Phi) is 6.35. The van der Waals surface area contributed by atoms with Gasteiger partial charge in [-0.05, 0) is 48.9 Å². The number of hydrogen-bond acceptors (Lipinski definition) is 5. The normalized spacial score (nSPS) is 14.5. The van der Waals surface area contributed by atoms with E-state index in [0.717, 1.165) is 48.7 Å². The number of carbonyl (C=O) groups excluding carboxylic acids is 1. The van der Waals surface area contributed by atoms with Crippen molar-refractivity contribution in [1.29, 1.82) is 0 Å². The van der Waals surface area contributed by atoms with Crippen molar-refractivity contribution in [1.82, 2.24) is 19.8 Å². The van der Waals surface area contributed by atoms with E-state index in [0.29, 0.717) is 18.8 Å². The number of piperazine rings is 1. The zero-order valence-corrected chi connectivity index (χ0v) is 17.2. The Morgan fingerprint density at radius 2 is 1.70 bits per heavy atom. The lowest BCUT2D eigenvalue weighted by Crippen LogP contribution is -2.49. The van der Waals surface area contributed by atoms with Crippen LogP contribution in [0.4, 0.5) is 4.79 Å². The second-order valence-electron chi connectivity index (χ2n) is 7.54. The molecule has 4 rings (SSSR count). The average molecular weight is 402 g/mol. The molecule has 6 heteroatoms. The molecule has 1 aromatic carbocycles. The molecule has 0 radical (unpaired) electrons. The standard InChI is InChI=1S/C24H26N4O2/c1-19-5-4-7-21(26-19)17-20-8-10-23(11-9-20)30-24(29)28-15-13-27(14-16-28)18-22-6-2-3-12-25-22/h2-12H,13-18H2,1H3. The molecule has 154 valence electrons. The molecule has 0 spiro atoms. The first kappa shape index (κ1) is 20.0. The molecule has 0 N–H and O–H groups in total. The molecule has 1 fully saturated rings. The Balaban J connectivity index is 1.26. The third-order valence-electron chi connectivity index (χ3n) is 5.20. The van der Waals surface area contributed by atoms with Gasteiger partial charge < -0.3 is 9.64 Å². The van der Waals surface area contributed by atoms with Gasteiger partial charge in [-0.1, -0.05) is 24.3 Å². The zero-order chi connectivity index (χ0) is 20.8. The van der Waals surface area contributed by atoms with E-state index in [1.54, 1.807) is 4.90 Å².